The van der Waals surface area contributed by atoms with E-state index in [1.54, 1.807) is 35.7 Å². The number of hydrogen-bond donors (Lipinski definition) is 4. The lowest BCUT2D eigenvalue weighted by atomic mass is 9.49. The summed E-state index contributed by atoms with van der Waals surface area (Å²) in [6, 6.07) is 16.6. The number of nitriles is 1. The Morgan fingerprint density at radius 2 is 1.53 bits per heavy atom. The first kappa shape index (κ1) is 55.5. The Morgan fingerprint density at radius 1 is 0.893 bits per heavy atom. The van der Waals surface area contributed by atoms with Crippen molar-refractivity contribution in [3.8, 4) is 22.3 Å². The van der Waals surface area contributed by atoms with E-state index in [4.69, 9.17) is 21.3 Å². The molecule has 75 heavy (non-hydrogen) atoms. The van der Waals surface area contributed by atoms with Crippen molar-refractivity contribution in [1.29, 1.82) is 5.26 Å². The van der Waals surface area contributed by atoms with Crippen molar-refractivity contribution in [3.05, 3.63) is 93.7 Å². The second-order valence-corrected chi connectivity index (χ2v) is 24.3. The molecule has 1 aliphatic carbocycles. The molecule has 4 atom stereocenters. The predicted molar refractivity (Wildman–Crippen MR) is 292 cm³/mol. The Balaban J connectivity index is 0.743. The number of rotatable bonds is 16. The number of thiazole rings is 1. The van der Waals surface area contributed by atoms with Crippen LogP contribution < -0.4 is 25.6 Å². The molecule has 1 saturated carbocycles. The number of nitrogens with one attached hydrogen (secondary N) is 3. The average molecular weight is 1060 g/mol. The quantitative estimate of drug-likeness (QED) is 0.106. The van der Waals surface area contributed by atoms with Crippen molar-refractivity contribution in [2.75, 3.05) is 83.4 Å². The number of carbonyl (C=O) groups excluding carboxylic acids is 4. The van der Waals surface area contributed by atoms with Crippen LogP contribution in [-0.2, 0) is 14.4 Å². The summed E-state index contributed by atoms with van der Waals surface area (Å²) in [6.45, 7) is 26.5. The summed E-state index contributed by atoms with van der Waals surface area (Å²) in [5.41, 5.74) is 4.24. The number of aliphatic hydroxyl groups excluding tert-OH is 1. The van der Waals surface area contributed by atoms with Gasteiger partial charge in [-0.1, -0.05) is 84.3 Å². The number of carbonyl (C=O) groups is 4. The number of ether oxygens (including phenoxy) is 1. The van der Waals surface area contributed by atoms with Crippen LogP contribution in [0, 0.1) is 34.5 Å². The number of benzene rings is 2. The molecule has 2 aromatic heterocycles. The lowest BCUT2D eigenvalue weighted by Crippen LogP contribution is -2.74. The molecule has 2 aromatic carbocycles. The lowest BCUT2D eigenvalue weighted by Gasteiger charge is -2.63. The number of piperazine rings is 2. The lowest BCUT2D eigenvalue weighted by molar-refractivity contribution is -0.164. The molecule has 0 bridgehead atoms. The maximum absolute atomic E-state index is 14.3. The van der Waals surface area contributed by atoms with Gasteiger partial charge in [0.2, 0.25) is 17.7 Å². The van der Waals surface area contributed by atoms with Gasteiger partial charge in [0, 0.05) is 108 Å². The van der Waals surface area contributed by atoms with E-state index in [1.165, 1.54) is 4.90 Å². The topological polar surface area (TPSA) is 200 Å². The normalized spacial score (nSPS) is 22.9. The van der Waals surface area contributed by atoms with Crippen molar-refractivity contribution >= 4 is 52.4 Å². The molecule has 0 spiro atoms. The van der Waals surface area contributed by atoms with E-state index < -0.39 is 23.6 Å². The minimum atomic E-state index is -0.896. The molecule has 2 unspecified atom stereocenters. The summed E-state index contributed by atoms with van der Waals surface area (Å²) < 4.78 is 6.39. The van der Waals surface area contributed by atoms with Crippen LogP contribution in [0.15, 0.2) is 66.3 Å². The number of aryl methyl sites for hydroxylation is 1. The number of β-amino-alcohol motifs (C(OH)–C–C–N with tert-alkyl or cyclic N) is 1. The molecule has 4 aromatic rings. The number of aliphatic hydroxyl groups is 1. The second-order valence-electron chi connectivity index (χ2n) is 23.0. The van der Waals surface area contributed by atoms with Crippen LogP contribution in [0.25, 0.3) is 10.4 Å². The van der Waals surface area contributed by atoms with Crippen LogP contribution in [0.4, 0.5) is 5.82 Å². The largest absolute Gasteiger partial charge is 0.489 e. The third-order valence-corrected chi connectivity index (χ3v) is 17.1. The third kappa shape index (κ3) is 12.6. The Hall–Kier alpha value is -5.68. The third-order valence-electron chi connectivity index (χ3n) is 15.8. The van der Waals surface area contributed by atoms with E-state index in [0.29, 0.717) is 21.9 Å². The fraction of sp³-hybridized carbons (Fsp3) is 0.554. The number of likely N-dealkylation sites (tertiary alicyclic amines) is 1. The van der Waals surface area contributed by atoms with Crippen molar-refractivity contribution in [2.24, 2.45) is 16.2 Å². The zero-order valence-electron chi connectivity index (χ0n) is 44.9. The van der Waals surface area contributed by atoms with Gasteiger partial charge in [-0.15, -0.1) is 11.3 Å². The fourth-order valence-electron chi connectivity index (χ4n) is 11.6. The van der Waals surface area contributed by atoms with Gasteiger partial charge < -0.3 is 35.6 Å². The van der Waals surface area contributed by atoms with E-state index >= 15 is 0 Å². The van der Waals surface area contributed by atoms with E-state index in [-0.39, 0.29) is 72.2 Å². The number of pyridine rings is 1. The van der Waals surface area contributed by atoms with E-state index in [9.17, 15) is 29.5 Å². The van der Waals surface area contributed by atoms with E-state index in [1.807, 2.05) is 76.5 Å². The fourth-order valence-corrected chi connectivity index (χ4v) is 12.6. The molecular weight excluding hydrogens is 990 g/mol. The van der Waals surface area contributed by atoms with Gasteiger partial charge in [-0.2, -0.15) is 5.26 Å². The molecule has 4 amide bonds. The first-order valence-corrected chi connectivity index (χ1v) is 27.4. The molecule has 4 aliphatic rings. The molecule has 19 heteroatoms. The zero-order chi connectivity index (χ0) is 54.0. The number of nitrogens with zero attached hydrogens (tertiary/aromatic N) is 8. The number of anilines is 1. The van der Waals surface area contributed by atoms with Gasteiger partial charge >= 0.3 is 0 Å². The number of halogens is 1. The molecule has 402 valence electrons. The molecule has 0 radical (unpaired) electrons. The SMILES string of the molecule is Cc1ncsc1-c1ccc([C@H](C)NC(=O)C2C[C@@H](O)CN2C(=O)C(NC(=O)CN2CCN(CCN3CCN(c4ccc(C(=O)NC5C(C)(C)C(Oc6ccc(C#N)c(Cl)c6)C5(C)C)cn4)CC3)CC2)C(C)(C)C)cc1. The van der Waals surface area contributed by atoms with Crippen LogP contribution >= 0.6 is 22.9 Å². The number of aromatic nitrogens is 2. The van der Waals surface area contributed by atoms with Crippen LogP contribution in [0.3, 0.4) is 0 Å². The molecule has 5 heterocycles. The highest BCUT2D eigenvalue weighted by molar-refractivity contribution is 7.13. The highest BCUT2D eigenvalue weighted by Gasteiger charge is 2.64. The average Bonchev–Trinajstić information content (AvgIpc) is 4.00. The highest BCUT2D eigenvalue weighted by atomic mass is 35.5. The van der Waals surface area contributed by atoms with Crippen molar-refractivity contribution in [1.82, 2.24) is 45.5 Å². The summed E-state index contributed by atoms with van der Waals surface area (Å²) in [4.78, 5) is 76.1. The standard InChI is InChI=1S/C56H74ClN11O6S/c1-35(37-10-12-38(13-11-37)47-36(2)60-34-75-47)61-50(72)44-28-41(69)32-68(44)51(73)48(54(3,4)5)62-46(70)33-66-22-20-64(21-23-66)18-19-65-24-26-67(27-25-65)45-17-15-40(31-59-45)49(71)63-52-55(6,7)53(56(52,8)9)74-42-16-14-39(30-58)43(57)29-42/h10-17,29,31,34-35,41,44,48,52-53,69H,18-28,32-33H2,1-9H3,(H,61,72)(H,62,70)(H,63,71)/t35-,41+,44?,48?,52?,53?/m0/s1. The van der Waals surface area contributed by atoms with Gasteiger partial charge in [0.1, 0.15) is 35.8 Å². The second kappa shape index (κ2) is 22.9. The first-order chi connectivity index (χ1) is 35.5. The van der Waals surface area contributed by atoms with Gasteiger partial charge in [0.25, 0.3) is 5.91 Å². The Bertz CT molecular complexity index is 2710. The van der Waals surface area contributed by atoms with Crippen molar-refractivity contribution in [2.45, 2.75) is 105 Å². The minimum absolute atomic E-state index is 0.0138. The van der Waals surface area contributed by atoms with Crippen LogP contribution in [0.1, 0.15) is 95.0 Å². The summed E-state index contributed by atoms with van der Waals surface area (Å²) in [5, 5.41) is 29.7. The summed E-state index contributed by atoms with van der Waals surface area (Å²) in [5.74, 6) is 0.284. The summed E-state index contributed by atoms with van der Waals surface area (Å²) in [6.07, 6.45) is 0.712. The van der Waals surface area contributed by atoms with Gasteiger partial charge in [-0.05, 0) is 54.7 Å². The Labute approximate surface area is 450 Å². The molecule has 4 N–H and O–H groups in total. The molecule has 3 aliphatic heterocycles. The van der Waals surface area contributed by atoms with Crippen molar-refractivity contribution < 1.29 is 29.0 Å². The Morgan fingerprint density at radius 3 is 2.11 bits per heavy atom. The van der Waals surface area contributed by atoms with Gasteiger partial charge in [-0.3, -0.25) is 33.9 Å². The Kier molecular flexibility index (Phi) is 16.9. The summed E-state index contributed by atoms with van der Waals surface area (Å²) in [7, 11) is 0. The van der Waals surface area contributed by atoms with Gasteiger partial charge in [0.05, 0.1) is 50.9 Å². The number of hydrogen-bond acceptors (Lipinski definition) is 14. The van der Waals surface area contributed by atoms with Crippen LogP contribution in [0.2, 0.25) is 5.02 Å². The van der Waals surface area contributed by atoms with Gasteiger partial charge in [-0.25, -0.2) is 9.97 Å². The minimum Gasteiger partial charge on any atom is -0.489 e. The molecule has 8 rings (SSSR count). The predicted octanol–water partition coefficient (Wildman–Crippen LogP) is 5.76. The van der Waals surface area contributed by atoms with Crippen molar-refractivity contribution in [3.63, 3.8) is 0 Å². The van der Waals surface area contributed by atoms with Gasteiger partial charge in [0.15, 0.2) is 0 Å². The molecule has 17 nitrogen and oxygen atoms in total. The zero-order valence-corrected chi connectivity index (χ0v) is 46.4. The smallest absolute Gasteiger partial charge is 0.253 e. The molecule has 4 fully saturated rings. The molecule has 3 saturated heterocycles. The maximum Gasteiger partial charge on any atom is 0.253 e. The number of amides is 4. The highest BCUT2D eigenvalue weighted by Crippen LogP contribution is 2.55. The maximum atomic E-state index is 14.3. The van der Waals surface area contributed by atoms with Crippen LogP contribution in [0.5, 0.6) is 5.75 Å². The monoisotopic (exact) mass is 1060 g/mol. The van der Waals surface area contributed by atoms with E-state index in [2.05, 4.69) is 74.3 Å². The van der Waals surface area contributed by atoms with E-state index in [0.717, 1.165) is 93.0 Å². The van der Waals surface area contributed by atoms with Crippen LogP contribution in [-0.4, -0.2) is 167 Å². The first-order valence-electron chi connectivity index (χ1n) is 26.2. The molecular formula is C56H74ClN11O6S. The summed E-state index contributed by atoms with van der Waals surface area (Å²) >= 11 is 7.85.